The van der Waals surface area contributed by atoms with Gasteiger partial charge in [0.15, 0.2) is 6.29 Å². The van der Waals surface area contributed by atoms with Gasteiger partial charge < -0.3 is 0 Å². The van der Waals surface area contributed by atoms with E-state index in [2.05, 4.69) is 4.75 Å². The lowest BCUT2D eigenvalue weighted by Gasteiger charge is -1.80. The molecule has 0 aliphatic rings. The van der Waals surface area contributed by atoms with Crippen LogP contribution in [0.4, 0.5) is 0 Å². The molecule has 0 radical (unpaired) electrons. The highest BCUT2D eigenvalue weighted by Crippen LogP contribution is 1.98. The second-order valence-electron chi connectivity index (χ2n) is 1.29. The Kier molecular flexibility index (Phi) is 1.70. The summed E-state index contributed by atoms with van der Waals surface area (Å²) in [4.78, 5) is 9.98. The lowest BCUT2D eigenvalue weighted by atomic mass is 10.4. The zero-order valence-corrected chi connectivity index (χ0v) is 5.01. The number of rotatable bonds is 1. The Balaban J connectivity index is 2.99. The van der Waals surface area contributed by atoms with Crippen molar-refractivity contribution in [1.82, 2.24) is 4.75 Å². The van der Waals surface area contributed by atoms with Crippen molar-refractivity contribution in [3.63, 3.8) is 0 Å². The molecule has 0 aliphatic carbocycles. The highest BCUT2D eigenvalue weighted by molar-refractivity contribution is 7.24. The SMILES string of the molecule is O=Cc1ccpnc1. The van der Waals surface area contributed by atoms with Crippen LogP contribution in [0.15, 0.2) is 18.1 Å². The molecular formula is C5H4NOP. The van der Waals surface area contributed by atoms with E-state index in [1.165, 1.54) is 0 Å². The van der Waals surface area contributed by atoms with E-state index in [1.54, 1.807) is 12.3 Å². The summed E-state index contributed by atoms with van der Waals surface area (Å²) in [7, 11) is 0.912. The fourth-order valence-electron chi connectivity index (χ4n) is 0.371. The molecule has 0 aromatic carbocycles. The summed E-state index contributed by atoms with van der Waals surface area (Å²) in [5, 5.41) is 0. The van der Waals surface area contributed by atoms with E-state index in [0.717, 1.165) is 14.6 Å². The second kappa shape index (κ2) is 2.53. The molecule has 1 aromatic rings. The van der Waals surface area contributed by atoms with Crippen LogP contribution >= 0.6 is 8.35 Å². The predicted molar refractivity (Wildman–Crippen MR) is 32.1 cm³/mol. The first-order valence-electron chi connectivity index (χ1n) is 2.15. The monoisotopic (exact) mass is 125 g/mol. The number of carbonyl (C=O) groups excluding carboxylic acids is 1. The molecule has 0 saturated heterocycles. The molecule has 0 spiro atoms. The molecule has 1 aromatic heterocycles. The molecule has 0 unspecified atom stereocenters. The van der Waals surface area contributed by atoms with Crippen LogP contribution in [0.2, 0.25) is 0 Å². The van der Waals surface area contributed by atoms with Gasteiger partial charge >= 0.3 is 0 Å². The van der Waals surface area contributed by atoms with E-state index in [1.807, 2.05) is 5.80 Å². The quantitative estimate of drug-likeness (QED) is 0.532. The normalized spacial score (nSPS) is 9.50. The highest BCUT2D eigenvalue weighted by Gasteiger charge is 1.81. The summed E-state index contributed by atoms with van der Waals surface area (Å²) in [6.45, 7) is 0. The molecule has 0 atom stereocenters. The van der Waals surface area contributed by atoms with E-state index in [0.29, 0.717) is 5.56 Å². The maximum absolute atomic E-state index is 9.98. The van der Waals surface area contributed by atoms with Gasteiger partial charge in [0.1, 0.15) is 0 Å². The van der Waals surface area contributed by atoms with Crippen molar-refractivity contribution in [2.75, 3.05) is 0 Å². The van der Waals surface area contributed by atoms with E-state index < -0.39 is 0 Å². The van der Waals surface area contributed by atoms with Gasteiger partial charge in [-0.25, -0.2) is 4.75 Å². The fourth-order valence-corrected chi connectivity index (χ4v) is 0.886. The van der Waals surface area contributed by atoms with Crippen molar-refractivity contribution in [3.05, 3.63) is 23.6 Å². The zero-order chi connectivity index (χ0) is 5.82. The van der Waals surface area contributed by atoms with Gasteiger partial charge in [0.05, 0.1) is 0 Å². The lowest BCUT2D eigenvalue weighted by Crippen LogP contribution is -1.74. The standard InChI is InChI=1S/C5H4NOP/c7-4-5-1-2-8-6-3-5/h1-4H. The maximum Gasteiger partial charge on any atom is 0.151 e. The summed E-state index contributed by atoms with van der Waals surface area (Å²) < 4.78 is 3.82. The van der Waals surface area contributed by atoms with Crippen molar-refractivity contribution >= 4 is 14.6 Å². The van der Waals surface area contributed by atoms with Crippen LogP contribution in [0.1, 0.15) is 10.4 Å². The largest absolute Gasteiger partial charge is 0.298 e. The van der Waals surface area contributed by atoms with Gasteiger partial charge in [0.2, 0.25) is 0 Å². The molecule has 0 saturated carbocycles. The number of hydrogen-bond donors (Lipinski definition) is 0. The van der Waals surface area contributed by atoms with E-state index in [-0.39, 0.29) is 0 Å². The first kappa shape index (κ1) is 5.39. The van der Waals surface area contributed by atoms with Crippen molar-refractivity contribution < 1.29 is 4.79 Å². The van der Waals surface area contributed by atoms with Crippen molar-refractivity contribution in [2.45, 2.75) is 0 Å². The minimum atomic E-state index is 0.642. The molecule has 1 heterocycles. The Morgan fingerprint density at radius 1 is 1.75 bits per heavy atom. The number of carbonyl (C=O) groups is 1. The molecular weight excluding hydrogens is 121 g/mol. The molecule has 0 bridgehead atoms. The highest BCUT2D eigenvalue weighted by atomic mass is 31.0. The summed E-state index contributed by atoms with van der Waals surface area (Å²) in [5.41, 5.74) is 0.642. The average Bonchev–Trinajstić information content (AvgIpc) is 1.90. The molecule has 2 nitrogen and oxygen atoms in total. The van der Waals surface area contributed by atoms with E-state index in [9.17, 15) is 4.79 Å². The van der Waals surface area contributed by atoms with Crippen LogP contribution in [0.25, 0.3) is 0 Å². The minimum absolute atomic E-state index is 0.642. The van der Waals surface area contributed by atoms with Crippen LogP contribution in [-0.2, 0) is 0 Å². The Morgan fingerprint density at radius 3 is 3.00 bits per heavy atom. The summed E-state index contributed by atoms with van der Waals surface area (Å²) in [6, 6.07) is 1.75. The fraction of sp³-hybridized carbons (Fsp3) is 0. The topological polar surface area (TPSA) is 30.0 Å². The summed E-state index contributed by atoms with van der Waals surface area (Å²) in [5.74, 6) is 1.82. The number of aromatic nitrogens is 1. The Bertz CT molecular complexity index is 175. The van der Waals surface area contributed by atoms with E-state index in [4.69, 9.17) is 0 Å². The van der Waals surface area contributed by atoms with Crippen LogP contribution in [-0.4, -0.2) is 11.0 Å². The molecule has 0 amide bonds. The van der Waals surface area contributed by atoms with Gasteiger partial charge in [-0.1, -0.05) is 0 Å². The number of nitrogens with zero attached hydrogens (tertiary/aromatic N) is 1. The van der Waals surface area contributed by atoms with Gasteiger partial charge in [-0.15, -0.1) is 0 Å². The number of hydrogen-bond acceptors (Lipinski definition) is 2. The molecule has 0 aliphatic heterocycles. The third-order valence-electron chi connectivity index (χ3n) is 0.743. The second-order valence-corrected chi connectivity index (χ2v) is 2.05. The molecule has 3 heteroatoms. The molecule has 0 N–H and O–H groups in total. The van der Waals surface area contributed by atoms with Crippen LogP contribution < -0.4 is 0 Å². The van der Waals surface area contributed by atoms with Gasteiger partial charge in [0, 0.05) is 20.1 Å². The summed E-state index contributed by atoms with van der Waals surface area (Å²) in [6.07, 6.45) is 2.35. The molecule has 1 rings (SSSR count). The molecule has 0 fully saturated rings. The summed E-state index contributed by atoms with van der Waals surface area (Å²) >= 11 is 0. The maximum atomic E-state index is 9.98. The van der Waals surface area contributed by atoms with Crippen molar-refractivity contribution in [2.24, 2.45) is 0 Å². The third kappa shape index (κ3) is 1.11. The minimum Gasteiger partial charge on any atom is -0.298 e. The van der Waals surface area contributed by atoms with Gasteiger partial charge in [-0.2, -0.15) is 0 Å². The van der Waals surface area contributed by atoms with Crippen molar-refractivity contribution in [3.8, 4) is 0 Å². The van der Waals surface area contributed by atoms with Crippen molar-refractivity contribution in [1.29, 1.82) is 0 Å². The molecule has 40 valence electrons. The molecule has 8 heavy (non-hydrogen) atoms. The van der Waals surface area contributed by atoms with E-state index >= 15 is 0 Å². The van der Waals surface area contributed by atoms with Crippen LogP contribution in [0.5, 0.6) is 0 Å². The lowest BCUT2D eigenvalue weighted by molar-refractivity contribution is 0.112. The predicted octanol–water partition coefficient (Wildman–Crippen LogP) is 1.47. The average molecular weight is 125 g/mol. The Hall–Kier alpha value is -0.750. The Labute approximate surface area is 48.7 Å². The number of aldehydes is 1. The van der Waals surface area contributed by atoms with Crippen LogP contribution in [0.3, 0.4) is 0 Å². The first-order valence-corrected chi connectivity index (χ1v) is 3.07. The van der Waals surface area contributed by atoms with Crippen LogP contribution in [0, 0.1) is 0 Å². The first-order chi connectivity index (χ1) is 3.93. The van der Waals surface area contributed by atoms with Gasteiger partial charge in [0.25, 0.3) is 0 Å². The Morgan fingerprint density at radius 2 is 2.62 bits per heavy atom. The van der Waals surface area contributed by atoms with Gasteiger partial charge in [-0.3, -0.25) is 4.79 Å². The zero-order valence-electron chi connectivity index (χ0n) is 4.11. The third-order valence-corrected chi connectivity index (χ3v) is 1.27. The van der Waals surface area contributed by atoms with Gasteiger partial charge in [-0.05, 0) is 11.9 Å². The smallest absolute Gasteiger partial charge is 0.151 e.